The van der Waals surface area contributed by atoms with Crippen molar-refractivity contribution in [3.63, 3.8) is 0 Å². The van der Waals surface area contributed by atoms with Crippen LogP contribution in [0.5, 0.6) is 0 Å². The summed E-state index contributed by atoms with van der Waals surface area (Å²) in [4.78, 5) is 6.20. The minimum Gasteiger partial charge on any atom is -0.369 e. The molecule has 0 amide bonds. The van der Waals surface area contributed by atoms with Crippen molar-refractivity contribution in [3.8, 4) is 0 Å². The molecule has 0 aliphatic carbocycles. The lowest BCUT2D eigenvalue weighted by Crippen LogP contribution is -2.58. The number of halogens is 1. The minimum atomic E-state index is -3.03. The van der Waals surface area contributed by atoms with E-state index in [1.807, 2.05) is 29.2 Å². The van der Waals surface area contributed by atoms with Gasteiger partial charge in [-0.3, -0.25) is 4.99 Å². The zero-order valence-corrected chi connectivity index (χ0v) is 13.3. The summed E-state index contributed by atoms with van der Waals surface area (Å²) in [6, 6.07) is 7.71. The average Bonchev–Trinajstić information content (AvgIpc) is 2.64. The molecule has 108 valence electrons. The molecule has 0 aromatic heterocycles. The standard InChI is InChI=1S/C13H16BrN3O2S/c14-10-3-1-4-11(7-10)17-12(15)16-8-13(17)5-2-6-20(18,19)9-13/h1,3-4,7H,2,5-6,8-9H2,(H2,15,16). The Bertz CT molecular complexity index is 674. The third-order valence-electron chi connectivity index (χ3n) is 3.89. The number of guanidine groups is 1. The highest BCUT2D eigenvalue weighted by atomic mass is 79.9. The van der Waals surface area contributed by atoms with Crippen molar-refractivity contribution in [1.29, 1.82) is 0 Å². The van der Waals surface area contributed by atoms with Crippen molar-refractivity contribution >= 4 is 37.4 Å². The molecule has 3 rings (SSSR count). The summed E-state index contributed by atoms with van der Waals surface area (Å²) in [7, 11) is -3.03. The van der Waals surface area contributed by atoms with Gasteiger partial charge in [-0.05, 0) is 31.0 Å². The van der Waals surface area contributed by atoms with Gasteiger partial charge in [0.15, 0.2) is 15.8 Å². The zero-order valence-electron chi connectivity index (χ0n) is 10.9. The maximum Gasteiger partial charge on any atom is 0.196 e. The van der Waals surface area contributed by atoms with Crippen LogP contribution in [0.15, 0.2) is 33.7 Å². The van der Waals surface area contributed by atoms with Gasteiger partial charge in [-0.1, -0.05) is 22.0 Å². The zero-order chi connectivity index (χ0) is 14.4. The van der Waals surface area contributed by atoms with E-state index < -0.39 is 15.4 Å². The first-order chi connectivity index (χ1) is 9.42. The summed E-state index contributed by atoms with van der Waals surface area (Å²) in [5, 5.41) is 0. The number of sulfone groups is 1. The Balaban J connectivity index is 2.04. The van der Waals surface area contributed by atoms with Gasteiger partial charge < -0.3 is 10.6 Å². The van der Waals surface area contributed by atoms with E-state index in [-0.39, 0.29) is 11.5 Å². The highest BCUT2D eigenvalue weighted by Crippen LogP contribution is 2.37. The molecule has 0 saturated carbocycles. The van der Waals surface area contributed by atoms with Crippen LogP contribution < -0.4 is 10.6 Å². The number of nitrogens with zero attached hydrogens (tertiary/aromatic N) is 2. The fourth-order valence-corrected chi connectivity index (χ4v) is 5.41. The molecule has 7 heteroatoms. The monoisotopic (exact) mass is 357 g/mol. The summed E-state index contributed by atoms with van der Waals surface area (Å²) >= 11 is 3.44. The summed E-state index contributed by atoms with van der Waals surface area (Å²) in [6.07, 6.45) is 1.46. The summed E-state index contributed by atoms with van der Waals surface area (Å²) in [5.74, 6) is 0.790. The van der Waals surface area contributed by atoms with Crippen LogP contribution in [0.4, 0.5) is 5.69 Å². The Morgan fingerprint density at radius 1 is 1.40 bits per heavy atom. The van der Waals surface area contributed by atoms with E-state index in [0.717, 1.165) is 16.6 Å². The van der Waals surface area contributed by atoms with Crippen molar-refractivity contribution in [2.45, 2.75) is 18.4 Å². The molecule has 1 fully saturated rings. The Morgan fingerprint density at radius 2 is 2.20 bits per heavy atom. The second-order valence-electron chi connectivity index (χ2n) is 5.41. The van der Waals surface area contributed by atoms with E-state index in [4.69, 9.17) is 5.73 Å². The molecule has 2 aliphatic heterocycles. The van der Waals surface area contributed by atoms with Crippen LogP contribution in [0.3, 0.4) is 0 Å². The van der Waals surface area contributed by atoms with Crippen LogP contribution in [-0.4, -0.2) is 38.0 Å². The van der Waals surface area contributed by atoms with Gasteiger partial charge in [0.25, 0.3) is 0 Å². The number of hydrogen-bond acceptors (Lipinski definition) is 5. The van der Waals surface area contributed by atoms with Crippen LogP contribution in [0.25, 0.3) is 0 Å². The second kappa shape index (κ2) is 4.73. The van der Waals surface area contributed by atoms with Crippen molar-refractivity contribution in [2.24, 2.45) is 10.7 Å². The van der Waals surface area contributed by atoms with Gasteiger partial charge >= 0.3 is 0 Å². The van der Waals surface area contributed by atoms with E-state index in [0.29, 0.717) is 18.9 Å². The fourth-order valence-electron chi connectivity index (χ4n) is 3.11. The van der Waals surface area contributed by atoms with E-state index in [2.05, 4.69) is 20.9 Å². The molecule has 2 aliphatic rings. The first kappa shape index (κ1) is 13.9. The van der Waals surface area contributed by atoms with E-state index in [1.54, 1.807) is 0 Å². The second-order valence-corrected chi connectivity index (χ2v) is 8.51. The summed E-state index contributed by atoms with van der Waals surface area (Å²) in [5.41, 5.74) is 6.39. The third kappa shape index (κ3) is 2.33. The molecule has 1 unspecified atom stereocenters. The number of anilines is 1. The predicted octanol–water partition coefficient (Wildman–Crippen LogP) is 1.53. The summed E-state index contributed by atoms with van der Waals surface area (Å²) < 4.78 is 25.0. The van der Waals surface area contributed by atoms with Crippen LogP contribution in [0.2, 0.25) is 0 Å². The largest absolute Gasteiger partial charge is 0.369 e. The van der Waals surface area contributed by atoms with Crippen molar-refractivity contribution in [2.75, 3.05) is 23.0 Å². The van der Waals surface area contributed by atoms with Crippen LogP contribution >= 0.6 is 15.9 Å². The van der Waals surface area contributed by atoms with Crippen LogP contribution in [0, 0.1) is 0 Å². The maximum absolute atomic E-state index is 12.0. The first-order valence-corrected chi connectivity index (χ1v) is 9.10. The number of benzene rings is 1. The van der Waals surface area contributed by atoms with Gasteiger partial charge in [0.1, 0.15) is 0 Å². The van der Waals surface area contributed by atoms with Gasteiger partial charge in [0, 0.05) is 10.2 Å². The van der Waals surface area contributed by atoms with Gasteiger partial charge in [-0.2, -0.15) is 0 Å². The Morgan fingerprint density at radius 3 is 2.90 bits per heavy atom. The van der Waals surface area contributed by atoms with Crippen LogP contribution in [-0.2, 0) is 9.84 Å². The predicted molar refractivity (Wildman–Crippen MR) is 83.7 cm³/mol. The smallest absolute Gasteiger partial charge is 0.196 e. The topological polar surface area (TPSA) is 75.8 Å². The molecule has 1 atom stereocenters. The molecule has 2 N–H and O–H groups in total. The molecule has 2 heterocycles. The maximum atomic E-state index is 12.0. The van der Waals surface area contributed by atoms with Gasteiger partial charge in [-0.25, -0.2) is 8.42 Å². The van der Waals surface area contributed by atoms with Crippen molar-refractivity contribution in [1.82, 2.24) is 0 Å². The first-order valence-electron chi connectivity index (χ1n) is 6.48. The molecule has 1 aromatic rings. The van der Waals surface area contributed by atoms with Gasteiger partial charge in [0.05, 0.1) is 23.6 Å². The van der Waals surface area contributed by atoms with E-state index >= 15 is 0 Å². The third-order valence-corrected chi connectivity index (χ3v) is 6.27. The number of rotatable bonds is 1. The number of nitrogens with two attached hydrogens (primary N) is 1. The van der Waals surface area contributed by atoms with Gasteiger partial charge in [0.2, 0.25) is 0 Å². The minimum absolute atomic E-state index is 0.122. The van der Waals surface area contributed by atoms with E-state index in [9.17, 15) is 8.42 Å². The fraction of sp³-hybridized carbons (Fsp3) is 0.462. The molecule has 0 bridgehead atoms. The quantitative estimate of drug-likeness (QED) is 0.826. The molecule has 1 aromatic carbocycles. The highest BCUT2D eigenvalue weighted by molar-refractivity contribution is 9.10. The lowest BCUT2D eigenvalue weighted by atomic mass is 9.94. The van der Waals surface area contributed by atoms with Crippen molar-refractivity contribution < 1.29 is 8.42 Å². The number of aliphatic imine (C=N–C) groups is 1. The SMILES string of the molecule is NC1=NCC2(CCCS(=O)(=O)C2)N1c1cccc(Br)c1. The van der Waals surface area contributed by atoms with E-state index in [1.165, 1.54) is 0 Å². The average molecular weight is 358 g/mol. The molecular formula is C13H16BrN3O2S. The van der Waals surface area contributed by atoms with Crippen molar-refractivity contribution in [3.05, 3.63) is 28.7 Å². The molecule has 20 heavy (non-hydrogen) atoms. The van der Waals surface area contributed by atoms with Crippen LogP contribution in [0.1, 0.15) is 12.8 Å². The Labute approximate surface area is 126 Å². The van der Waals surface area contributed by atoms with Gasteiger partial charge in [-0.15, -0.1) is 0 Å². The molecule has 1 saturated heterocycles. The highest BCUT2D eigenvalue weighted by Gasteiger charge is 2.48. The lowest BCUT2D eigenvalue weighted by Gasteiger charge is -2.41. The number of hydrogen-bond donors (Lipinski definition) is 1. The molecule has 0 radical (unpaired) electrons. The Hall–Kier alpha value is -1.08. The normalized spacial score (nSPS) is 28.6. The molecule has 5 nitrogen and oxygen atoms in total. The lowest BCUT2D eigenvalue weighted by molar-refractivity contribution is 0.434. The molecular weight excluding hydrogens is 342 g/mol. The Kier molecular flexibility index (Phi) is 3.29. The summed E-state index contributed by atoms with van der Waals surface area (Å²) in [6.45, 7) is 0.449. The molecule has 1 spiro atoms.